The Balaban J connectivity index is 0.000000225. The number of epoxide rings is 1. The fourth-order valence-corrected chi connectivity index (χ4v) is 5.26. The van der Waals surface area contributed by atoms with Crippen molar-refractivity contribution in [2.75, 3.05) is 19.8 Å². The highest BCUT2D eigenvalue weighted by atomic mass is 16.6. The highest BCUT2D eigenvalue weighted by Crippen LogP contribution is 2.71. The molecule has 2 aliphatic carbocycles. The van der Waals surface area contributed by atoms with Gasteiger partial charge in [0.25, 0.3) is 0 Å². The molecule has 2 aliphatic heterocycles. The molecule has 2 saturated heterocycles. The third-order valence-corrected chi connectivity index (χ3v) is 7.05. The quantitative estimate of drug-likeness (QED) is 0.480. The van der Waals surface area contributed by atoms with Crippen LogP contribution in [-0.4, -0.2) is 48.7 Å². The minimum absolute atomic E-state index is 0.0781. The number of hydrogen-bond donors (Lipinski definition) is 1. The number of carbonyl (C=O) groups is 1. The fraction of sp³-hybridized carbons (Fsp3) is 0.850. The number of aliphatic hydroxyl groups is 1. The number of aliphatic hydroxyl groups excluding tert-OH is 1. The van der Waals surface area contributed by atoms with Crippen LogP contribution in [-0.2, 0) is 19.0 Å². The molecule has 5 nitrogen and oxygen atoms in total. The second-order valence-electron chi connectivity index (χ2n) is 8.08. The summed E-state index contributed by atoms with van der Waals surface area (Å²) < 4.78 is 16.8. The molecule has 0 aromatic rings. The molecule has 0 aromatic carbocycles. The van der Waals surface area contributed by atoms with Gasteiger partial charge in [0.2, 0.25) is 0 Å². The number of allylic oxidation sites excluding steroid dienone is 1. The first kappa shape index (κ1) is 18.9. The van der Waals surface area contributed by atoms with Crippen molar-refractivity contribution in [3.63, 3.8) is 0 Å². The zero-order chi connectivity index (χ0) is 18.3. The van der Waals surface area contributed by atoms with Crippen LogP contribution in [0.1, 0.15) is 59.8 Å². The maximum atomic E-state index is 10.2. The molecule has 1 saturated carbocycles. The summed E-state index contributed by atoms with van der Waals surface area (Å²) in [5.41, 5.74) is 1.28. The highest BCUT2D eigenvalue weighted by Gasteiger charge is 2.78. The summed E-state index contributed by atoms with van der Waals surface area (Å²) >= 11 is 0. The minimum atomic E-state index is -0.129. The molecule has 142 valence electrons. The Hall–Kier alpha value is -0.910. The molecule has 0 aromatic heterocycles. The monoisotopic (exact) mass is 352 g/mol. The molecule has 3 unspecified atom stereocenters. The van der Waals surface area contributed by atoms with Crippen LogP contribution in [0.2, 0.25) is 0 Å². The van der Waals surface area contributed by atoms with E-state index in [4.69, 9.17) is 9.47 Å². The number of hydrogen-bond acceptors (Lipinski definition) is 5. The van der Waals surface area contributed by atoms with Gasteiger partial charge >= 0.3 is 5.97 Å². The molecule has 0 radical (unpaired) electrons. The predicted molar refractivity (Wildman–Crippen MR) is 94.1 cm³/mol. The molecule has 0 amide bonds. The van der Waals surface area contributed by atoms with E-state index in [0.717, 1.165) is 32.3 Å². The van der Waals surface area contributed by atoms with Crippen molar-refractivity contribution in [1.82, 2.24) is 0 Å². The van der Waals surface area contributed by atoms with Gasteiger partial charge in [-0.05, 0) is 39.5 Å². The van der Waals surface area contributed by atoms with Crippen LogP contribution in [0.5, 0.6) is 0 Å². The number of carbonyl (C=O) groups excluding carboxylic acids is 1. The largest absolute Gasteiger partial charge is 0.466 e. The molecule has 2 bridgehead atoms. The van der Waals surface area contributed by atoms with Gasteiger partial charge < -0.3 is 19.3 Å². The molecular formula is C20H32O5. The lowest BCUT2D eigenvalue weighted by molar-refractivity contribution is -0.211. The van der Waals surface area contributed by atoms with E-state index in [1.54, 1.807) is 13.8 Å². The third kappa shape index (κ3) is 2.66. The topological polar surface area (TPSA) is 68.3 Å². The summed E-state index contributed by atoms with van der Waals surface area (Å²) in [6.45, 7) is 9.62. The molecule has 2 heterocycles. The molecule has 4 aliphatic rings. The maximum absolute atomic E-state index is 10.2. The van der Waals surface area contributed by atoms with E-state index in [1.807, 2.05) is 0 Å². The van der Waals surface area contributed by atoms with Crippen LogP contribution in [0.3, 0.4) is 0 Å². The first-order valence-corrected chi connectivity index (χ1v) is 9.62. The van der Waals surface area contributed by atoms with Gasteiger partial charge in [-0.3, -0.25) is 4.79 Å². The summed E-state index contributed by atoms with van der Waals surface area (Å²) in [7, 11) is 0. The van der Waals surface area contributed by atoms with Gasteiger partial charge in [-0.1, -0.05) is 25.5 Å². The van der Waals surface area contributed by atoms with Gasteiger partial charge in [0.05, 0.1) is 32.0 Å². The highest BCUT2D eigenvalue weighted by molar-refractivity contribution is 5.68. The van der Waals surface area contributed by atoms with Gasteiger partial charge in [-0.25, -0.2) is 0 Å². The second-order valence-corrected chi connectivity index (χ2v) is 8.08. The first-order chi connectivity index (χ1) is 11.9. The molecule has 25 heavy (non-hydrogen) atoms. The van der Waals surface area contributed by atoms with Crippen LogP contribution < -0.4 is 0 Å². The lowest BCUT2D eigenvalue weighted by Crippen LogP contribution is -2.63. The Bertz CT molecular complexity index is 552. The van der Waals surface area contributed by atoms with Crippen LogP contribution in [0.15, 0.2) is 11.6 Å². The Labute approximate surface area is 150 Å². The normalized spacial score (nSPS) is 43.6. The smallest absolute Gasteiger partial charge is 0.305 e. The van der Waals surface area contributed by atoms with Crippen molar-refractivity contribution in [3.05, 3.63) is 11.6 Å². The van der Waals surface area contributed by atoms with E-state index in [-0.39, 0.29) is 41.2 Å². The van der Waals surface area contributed by atoms with Crippen LogP contribution in [0.4, 0.5) is 0 Å². The summed E-state index contributed by atoms with van der Waals surface area (Å²) in [6.07, 6.45) is 7.39. The van der Waals surface area contributed by atoms with Gasteiger partial charge in [0.15, 0.2) is 0 Å². The van der Waals surface area contributed by atoms with Crippen molar-refractivity contribution in [2.45, 2.75) is 77.6 Å². The van der Waals surface area contributed by atoms with E-state index in [1.165, 1.54) is 5.57 Å². The van der Waals surface area contributed by atoms with Crippen molar-refractivity contribution in [3.8, 4) is 0 Å². The van der Waals surface area contributed by atoms with Crippen molar-refractivity contribution in [1.29, 1.82) is 0 Å². The average molecular weight is 352 g/mol. The van der Waals surface area contributed by atoms with Gasteiger partial charge in [0, 0.05) is 17.3 Å². The molecule has 4 rings (SSSR count). The minimum Gasteiger partial charge on any atom is -0.466 e. The Morgan fingerprint density at radius 2 is 2.12 bits per heavy atom. The van der Waals surface area contributed by atoms with Gasteiger partial charge in [-0.2, -0.15) is 0 Å². The Morgan fingerprint density at radius 3 is 2.64 bits per heavy atom. The predicted octanol–water partition coefficient (Wildman–Crippen LogP) is 3.00. The van der Waals surface area contributed by atoms with Gasteiger partial charge in [0.1, 0.15) is 5.60 Å². The zero-order valence-corrected chi connectivity index (χ0v) is 16.0. The number of esters is 1. The summed E-state index contributed by atoms with van der Waals surface area (Å²) in [5, 5.41) is 10.1. The van der Waals surface area contributed by atoms with Crippen molar-refractivity contribution >= 4 is 5.97 Å². The first-order valence-electron chi connectivity index (χ1n) is 9.62. The van der Waals surface area contributed by atoms with E-state index in [9.17, 15) is 9.90 Å². The molecule has 5 heteroatoms. The fourth-order valence-electron chi connectivity index (χ4n) is 5.26. The zero-order valence-electron chi connectivity index (χ0n) is 16.0. The van der Waals surface area contributed by atoms with E-state index >= 15 is 0 Å². The second kappa shape index (κ2) is 6.67. The van der Waals surface area contributed by atoms with E-state index in [0.29, 0.717) is 13.0 Å². The number of rotatable bonds is 3. The number of fused-ring (bicyclic) bond motifs is 2. The molecule has 3 fully saturated rings. The van der Waals surface area contributed by atoms with Crippen LogP contribution in [0, 0.1) is 10.8 Å². The standard InChI is InChI=1S/C15H22O3.C5H10O2/c1-10-3-6-14(8-16)12(7-10)18-11-4-5-13(14,2)15(11)9-17-15;1-3-5(6)7-4-2/h7,11-12,16H,3-6,8-9H2,1-2H3;3-4H2,1-2H3/t11?,12-,13?,14-,15?;/m1./s1. The average Bonchev–Trinajstić information content (AvgIpc) is 3.36. The summed E-state index contributed by atoms with van der Waals surface area (Å²) in [6, 6.07) is 0. The lowest BCUT2D eigenvalue weighted by Gasteiger charge is -2.57. The molecule has 1 spiro atoms. The van der Waals surface area contributed by atoms with Crippen LogP contribution >= 0.6 is 0 Å². The Morgan fingerprint density at radius 1 is 1.40 bits per heavy atom. The van der Waals surface area contributed by atoms with Gasteiger partial charge in [-0.15, -0.1) is 0 Å². The van der Waals surface area contributed by atoms with Crippen molar-refractivity contribution < 1.29 is 24.1 Å². The van der Waals surface area contributed by atoms with E-state index < -0.39 is 0 Å². The SMILES string of the molecule is CC1=C[C@H]2OC3CCC(C)(C34CO4)[C@@]2(CO)CC1.CCOC(=O)CC. The molecule has 5 atom stereocenters. The van der Waals surface area contributed by atoms with Crippen molar-refractivity contribution in [2.24, 2.45) is 10.8 Å². The maximum Gasteiger partial charge on any atom is 0.305 e. The molecule has 1 N–H and O–H groups in total. The molecular weight excluding hydrogens is 320 g/mol. The summed E-state index contributed by atoms with van der Waals surface area (Å²) in [5.74, 6) is -0.123. The third-order valence-electron chi connectivity index (χ3n) is 7.05. The van der Waals surface area contributed by atoms with E-state index in [2.05, 4.69) is 24.7 Å². The summed E-state index contributed by atoms with van der Waals surface area (Å²) in [4.78, 5) is 10.2. The lowest BCUT2D eigenvalue weighted by atomic mass is 9.52. The van der Waals surface area contributed by atoms with Crippen LogP contribution in [0.25, 0.3) is 0 Å². The Kier molecular flexibility index (Phi) is 5.04. The number of ether oxygens (including phenoxy) is 3.